The van der Waals surface area contributed by atoms with Gasteiger partial charge < -0.3 is 18.9 Å². The Bertz CT molecular complexity index is 487. The average Bonchev–Trinajstić information content (AvgIpc) is 2.45. The van der Waals surface area contributed by atoms with E-state index in [0.717, 1.165) is 0 Å². The summed E-state index contributed by atoms with van der Waals surface area (Å²) in [6.45, 7) is 8.67. The van der Waals surface area contributed by atoms with Crippen LogP contribution in [0.2, 0.25) is 5.02 Å². The Hall–Kier alpha value is -1.62. The highest BCUT2D eigenvalue weighted by atomic mass is 35.5. The smallest absolute Gasteiger partial charge is 0.342 e. The van der Waals surface area contributed by atoms with Crippen molar-refractivity contribution < 1.29 is 23.7 Å². The molecule has 0 fully saturated rings. The van der Waals surface area contributed by atoms with E-state index in [1.165, 1.54) is 6.07 Å². The Labute approximate surface area is 130 Å². The summed E-state index contributed by atoms with van der Waals surface area (Å²) in [5, 5.41) is 0.284. The Kier molecular flexibility index (Phi) is 7.15. The van der Waals surface area contributed by atoms with Crippen LogP contribution in [0.5, 0.6) is 17.2 Å². The first kappa shape index (κ1) is 17.4. The van der Waals surface area contributed by atoms with Gasteiger partial charge in [-0.3, -0.25) is 0 Å². The summed E-state index contributed by atoms with van der Waals surface area (Å²) in [4.78, 5) is 12.1. The van der Waals surface area contributed by atoms with Crippen molar-refractivity contribution in [2.24, 2.45) is 0 Å². The summed E-state index contributed by atoms with van der Waals surface area (Å²) in [7, 11) is 0. The molecule has 0 aliphatic carbocycles. The highest BCUT2D eigenvalue weighted by Crippen LogP contribution is 2.45. The number of ether oxygens (including phenoxy) is 4. The van der Waals surface area contributed by atoms with Gasteiger partial charge in [0.25, 0.3) is 0 Å². The summed E-state index contributed by atoms with van der Waals surface area (Å²) in [6.07, 6.45) is 0. The van der Waals surface area contributed by atoms with Gasteiger partial charge in [0.2, 0.25) is 5.75 Å². The molecule has 0 N–H and O–H groups in total. The zero-order valence-electron chi connectivity index (χ0n) is 12.8. The van der Waals surface area contributed by atoms with Crippen LogP contribution in [0.15, 0.2) is 6.07 Å². The van der Waals surface area contributed by atoms with E-state index in [9.17, 15) is 4.79 Å². The van der Waals surface area contributed by atoms with Gasteiger partial charge in [0.05, 0.1) is 31.5 Å². The third-order valence-corrected chi connectivity index (χ3v) is 2.79. The quantitative estimate of drug-likeness (QED) is 0.684. The van der Waals surface area contributed by atoms with Crippen molar-refractivity contribution in [1.82, 2.24) is 0 Å². The van der Waals surface area contributed by atoms with Crippen molar-refractivity contribution in [3.8, 4) is 17.2 Å². The summed E-state index contributed by atoms with van der Waals surface area (Å²) in [5.41, 5.74) is 0.232. The van der Waals surface area contributed by atoms with E-state index in [4.69, 9.17) is 30.5 Å². The largest absolute Gasteiger partial charge is 0.489 e. The standard InChI is InChI=1S/C15H21ClO5/c1-5-18-12-10(15(17)21-8-4)9-11(16)13(19-6-2)14(12)20-7-3/h9H,5-8H2,1-4H3. The molecule has 0 bridgehead atoms. The first-order valence-corrected chi connectivity index (χ1v) is 7.40. The third kappa shape index (κ3) is 4.17. The van der Waals surface area contributed by atoms with E-state index in [-0.39, 0.29) is 17.2 Å². The third-order valence-electron chi connectivity index (χ3n) is 2.51. The summed E-state index contributed by atoms with van der Waals surface area (Å²) in [6, 6.07) is 1.48. The molecule has 0 amide bonds. The lowest BCUT2D eigenvalue weighted by Crippen LogP contribution is -2.11. The lowest BCUT2D eigenvalue weighted by Gasteiger charge is -2.19. The molecule has 0 aliphatic rings. The fourth-order valence-corrected chi connectivity index (χ4v) is 2.04. The van der Waals surface area contributed by atoms with Crippen LogP contribution in [0.3, 0.4) is 0 Å². The molecule has 118 valence electrons. The summed E-state index contributed by atoms with van der Waals surface area (Å²) < 4.78 is 21.7. The average molecular weight is 317 g/mol. The first-order valence-electron chi connectivity index (χ1n) is 7.02. The molecule has 0 heterocycles. The van der Waals surface area contributed by atoms with E-state index < -0.39 is 5.97 Å². The molecule has 0 unspecified atom stereocenters. The topological polar surface area (TPSA) is 54.0 Å². The minimum Gasteiger partial charge on any atom is -0.489 e. The van der Waals surface area contributed by atoms with Crippen LogP contribution >= 0.6 is 11.6 Å². The Morgan fingerprint density at radius 2 is 1.43 bits per heavy atom. The van der Waals surface area contributed by atoms with Crippen molar-refractivity contribution in [1.29, 1.82) is 0 Å². The monoisotopic (exact) mass is 316 g/mol. The molecular formula is C15H21ClO5. The van der Waals surface area contributed by atoms with Crippen LogP contribution in [-0.2, 0) is 4.74 Å². The van der Waals surface area contributed by atoms with Crippen LogP contribution in [0.25, 0.3) is 0 Å². The highest BCUT2D eigenvalue weighted by molar-refractivity contribution is 6.33. The Morgan fingerprint density at radius 1 is 0.905 bits per heavy atom. The predicted molar refractivity (Wildman–Crippen MR) is 80.9 cm³/mol. The molecular weight excluding hydrogens is 296 g/mol. The van der Waals surface area contributed by atoms with Crippen molar-refractivity contribution in [3.63, 3.8) is 0 Å². The number of carbonyl (C=O) groups is 1. The van der Waals surface area contributed by atoms with E-state index in [0.29, 0.717) is 37.1 Å². The maximum Gasteiger partial charge on any atom is 0.342 e. The Morgan fingerprint density at radius 3 is 1.95 bits per heavy atom. The second kappa shape index (κ2) is 8.62. The van der Waals surface area contributed by atoms with Crippen LogP contribution in [0.4, 0.5) is 0 Å². The molecule has 0 spiro atoms. The van der Waals surface area contributed by atoms with E-state index >= 15 is 0 Å². The molecule has 1 aromatic rings. The number of hydrogen-bond acceptors (Lipinski definition) is 5. The normalized spacial score (nSPS) is 10.1. The number of halogens is 1. The van der Waals surface area contributed by atoms with Gasteiger partial charge in [-0.1, -0.05) is 11.6 Å². The molecule has 1 rings (SSSR count). The van der Waals surface area contributed by atoms with Gasteiger partial charge in [-0.05, 0) is 33.8 Å². The molecule has 0 radical (unpaired) electrons. The predicted octanol–water partition coefficient (Wildman–Crippen LogP) is 3.71. The number of rotatable bonds is 8. The van der Waals surface area contributed by atoms with Gasteiger partial charge in [-0.2, -0.15) is 0 Å². The van der Waals surface area contributed by atoms with Crippen LogP contribution < -0.4 is 14.2 Å². The van der Waals surface area contributed by atoms with Crippen LogP contribution in [0, 0.1) is 0 Å². The second-order valence-corrected chi connectivity index (χ2v) is 4.32. The SMILES string of the molecule is CCOC(=O)c1cc(Cl)c(OCC)c(OCC)c1OCC. The van der Waals surface area contributed by atoms with Crippen molar-refractivity contribution >= 4 is 17.6 Å². The zero-order valence-corrected chi connectivity index (χ0v) is 13.6. The zero-order chi connectivity index (χ0) is 15.8. The maximum absolute atomic E-state index is 12.1. The minimum absolute atomic E-state index is 0.232. The highest BCUT2D eigenvalue weighted by Gasteiger charge is 2.25. The van der Waals surface area contributed by atoms with Crippen molar-refractivity contribution in [2.45, 2.75) is 27.7 Å². The summed E-state index contributed by atoms with van der Waals surface area (Å²) >= 11 is 6.20. The molecule has 0 saturated heterocycles. The molecule has 21 heavy (non-hydrogen) atoms. The minimum atomic E-state index is -0.508. The van der Waals surface area contributed by atoms with Crippen LogP contribution in [-0.4, -0.2) is 32.4 Å². The number of hydrogen-bond donors (Lipinski definition) is 0. The van der Waals surface area contributed by atoms with Crippen LogP contribution in [0.1, 0.15) is 38.1 Å². The lowest BCUT2D eigenvalue weighted by molar-refractivity contribution is 0.0521. The fraction of sp³-hybridized carbons (Fsp3) is 0.533. The number of esters is 1. The molecule has 0 aromatic heterocycles. The molecule has 6 heteroatoms. The van der Waals surface area contributed by atoms with Gasteiger partial charge in [0.15, 0.2) is 11.5 Å². The van der Waals surface area contributed by atoms with Gasteiger partial charge in [0.1, 0.15) is 5.56 Å². The van der Waals surface area contributed by atoms with E-state index in [1.807, 2.05) is 20.8 Å². The molecule has 5 nitrogen and oxygen atoms in total. The van der Waals surface area contributed by atoms with Crippen molar-refractivity contribution in [2.75, 3.05) is 26.4 Å². The molecule has 0 aliphatic heterocycles. The van der Waals surface area contributed by atoms with Gasteiger partial charge in [0, 0.05) is 0 Å². The number of benzene rings is 1. The maximum atomic E-state index is 12.1. The molecule has 0 atom stereocenters. The van der Waals surface area contributed by atoms with Crippen molar-refractivity contribution in [3.05, 3.63) is 16.7 Å². The Balaban J connectivity index is 3.46. The number of carbonyl (C=O) groups excluding carboxylic acids is 1. The van der Waals surface area contributed by atoms with E-state index in [1.54, 1.807) is 6.92 Å². The fourth-order valence-electron chi connectivity index (χ4n) is 1.79. The first-order chi connectivity index (χ1) is 10.1. The van der Waals surface area contributed by atoms with Gasteiger partial charge >= 0.3 is 5.97 Å². The molecule has 1 aromatic carbocycles. The summed E-state index contributed by atoms with van der Waals surface area (Å²) in [5.74, 6) is 0.492. The molecule has 0 saturated carbocycles. The lowest BCUT2D eigenvalue weighted by atomic mass is 10.1. The van der Waals surface area contributed by atoms with Gasteiger partial charge in [-0.25, -0.2) is 4.79 Å². The van der Waals surface area contributed by atoms with E-state index in [2.05, 4.69) is 0 Å². The van der Waals surface area contributed by atoms with Gasteiger partial charge in [-0.15, -0.1) is 0 Å². The second-order valence-electron chi connectivity index (χ2n) is 3.91.